The third-order valence-corrected chi connectivity index (χ3v) is 5.04. The van der Waals surface area contributed by atoms with Gasteiger partial charge in [-0.05, 0) is 24.6 Å². The Labute approximate surface area is 154 Å². The van der Waals surface area contributed by atoms with Crippen molar-refractivity contribution in [3.63, 3.8) is 0 Å². The van der Waals surface area contributed by atoms with Gasteiger partial charge in [0.2, 0.25) is 5.88 Å². The summed E-state index contributed by atoms with van der Waals surface area (Å²) in [7, 11) is -4.03. The molecule has 0 amide bonds. The van der Waals surface area contributed by atoms with Crippen LogP contribution < -0.4 is 9.46 Å². The number of aryl methyl sites for hydroxylation is 1. The fourth-order valence-corrected chi connectivity index (χ4v) is 3.60. The Balaban J connectivity index is 1.87. The van der Waals surface area contributed by atoms with Crippen LogP contribution in [0.25, 0.3) is 0 Å². The molecule has 0 atom stereocenters. The highest BCUT2D eigenvalue weighted by Crippen LogP contribution is 2.26. The number of rotatable bonds is 6. The average Bonchev–Trinajstić information content (AvgIpc) is 2.62. The molecular weight excluding hydrogens is 372 g/mol. The number of benzene rings is 2. The molecule has 27 heavy (non-hydrogen) atoms. The van der Waals surface area contributed by atoms with Crippen LogP contribution in [0.4, 0.5) is 11.4 Å². The number of hydrogen-bond donors (Lipinski definition) is 1. The molecule has 3 rings (SSSR count). The van der Waals surface area contributed by atoms with E-state index in [0.29, 0.717) is 11.3 Å². The highest BCUT2D eigenvalue weighted by atomic mass is 32.2. The summed E-state index contributed by atoms with van der Waals surface area (Å²) < 4.78 is 33.3. The lowest BCUT2D eigenvalue weighted by atomic mass is 10.2. The number of ether oxygens (including phenoxy) is 1. The third kappa shape index (κ3) is 4.36. The molecule has 10 heteroatoms. The first-order chi connectivity index (χ1) is 12.8. The van der Waals surface area contributed by atoms with E-state index in [4.69, 9.17) is 4.74 Å². The van der Waals surface area contributed by atoms with E-state index in [2.05, 4.69) is 14.7 Å². The van der Waals surface area contributed by atoms with Gasteiger partial charge in [-0.3, -0.25) is 19.8 Å². The summed E-state index contributed by atoms with van der Waals surface area (Å²) in [5.41, 5.74) is 0.322. The molecule has 0 saturated heterocycles. The lowest BCUT2D eigenvalue weighted by Crippen LogP contribution is -2.14. The predicted molar refractivity (Wildman–Crippen MR) is 97.2 cm³/mol. The van der Waals surface area contributed by atoms with Crippen molar-refractivity contribution < 1.29 is 18.1 Å². The molecule has 2 aromatic carbocycles. The third-order valence-electron chi connectivity index (χ3n) is 3.52. The summed E-state index contributed by atoms with van der Waals surface area (Å²) in [6, 6.07) is 9.91. The minimum Gasteiger partial charge on any atom is -0.437 e. The van der Waals surface area contributed by atoms with E-state index in [-0.39, 0.29) is 22.2 Å². The van der Waals surface area contributed by atoms with Gasteiger partial charge in [-0.15, -0.1) is 0 Å². The van der Waals surface area contributed by atoms with E-state index in [1.54, 1.807) is 19.1 Å². The summed E-state index contributed by atoms with van der Waals surface area (Å²) in [5, 5.41) is 10.9. The summed E-state index contributed by atoms with van der Waals surface area (Å²) >= 11 is 0. The molecule has 0 spiro atoms. The monoisotopic (exact) mass is 386 g/mol. The number of aromatic nitrogens is 2. The maximum absolute atomic E-state index is 12.7. The Morgan fingerprint density at radius 2 is 1.96 bits per heavy atom. The van der Waals surface area contributed by atoms with Crippen molar-refractivity contribution in [2.45, 2.75) is 11.8 Å². The average molecular weight is 386 g/mol. The minimum absolute atomic E-state index is 0.169. The van der Waals surface area contributed by atoms with Crippen LogP contribution in [0.15, 0.2) is 66.0 Å². The van der Waals surface area contributed by atoms with Crippen LogP contribution in [-0.4, -0.2) is 23.3 Å². The van der Waals surface area contributed by atoms with Crippen LogP contribution >= 0.6 is 0 Å². The first-order valence-corrected chi connectivity index (χ1v) is 9.15. The van der Waals surface area contributed by atoms with E-state index in [0.717, 1.165) is 6.07 Å². The predicted octanol–water partition coefficient (Wildman–Crippen LogP) is 3.29. The molecule has 0 bridgehead atoms. The molecular formula is C17H14N4O5S. The molecule has 0 aliphatic carbocycles. The molecule has 0 fully saturated rings. The van der Waals surface area contributed by atoms with Crippen LogP contribution in [0.3, 0.4) is 0 Å². The van der Waals surface area contributed by atoms with Crippen molar-refractivity contribution in [1.82, 2.24) is 9.97 Å². The van der Waals surface area contributed by atoms with Crippen molar-refractivity contribution in [2.24, 2.45) is 0 Å². The molecule has 0 saturated carbocycles. The number of sulfonamides is 1. The second-order valence-corrected chi connectivity index (χ2v) is 7.14. The summed E-state index contributed by atoms with van der Waals surface area (Å²) in [4.78, 5) is 18.0. The largest absolute Gasteiger partial charge is 0.437 e. The van der Waals surface area contributed by atoms with Gasteiger partial charge in [0.15, 0.2) is 0 Å². The van der Waals surface area contributed by atoms with Gasteiger partial charge in [-0.2, -0.15) is 0 Å². The summed E-state index contributed by atoms with van der Waals surface area (Å²) in [6.07, 6.45) is 4.38. The van der Waals surface area contributed by atoms with Crippen LogP contribution in [0.1, 0.15) is 5.56 Å². The number of hydrogen-bond acceptors (Lipinski definition) is 7. The Bertz CT molecular complexity index is 1090. The van der Waals surface area contributed by atoms with Crippen molar-refractivity contribution in [2.75, 3.05) is 4.72 Å². The number of nitrogens with zero attached hydrogens (tertiary/aromatic N) is 3. The van der Waals surface area contributed by atoms with Crippen LogP contribution in [0.5, 0.6) is 11.6 Å². The summed E-state index contributed by atoms with van der Waals surface area (Å²) in [5.74, 6) is 0.610. The highest BCUT2D eigenvalue weighted by molar-refractivity contribution is 7.92. The van der Waals surface area contributed by atoms with E-state index in [9.17, 15) is 18.5 Å². The van der Waals surface area contributed by atoms with E-state index >= 15 is 0 Å². The maximum atomic E-state index is 12.7. The smallest absolute Gasteiger partial charge is 0.270 e. The standard InChI is InChI=1S/C17H14N4O5S/c1-12-5-6-14(21(22)23)10-16(12)27(24,25)20-13-3-2-4-15(9-13)26-17-11-18-7-8-19-17/h2-11,20H,1H3. The zero-order valence-corrected chi connectivity index (χ0v) is 14.9. The summed E-state index contributed by atoms with van der Waals surface area (Å²) in [6.45, 7) is 1.56. The first-order valence-electron chi connectivity index (χ1n) is 7.67. The normalized spacial score (nSPS) is 11.0. The van der Waals surface area contributed by atoms with Crippen molar-refractivity contribution >= 4 is 21.4 Å². The van der Waals surface area contributed by atoms with Crippen molar-refractivity contribution in [1.29, 1.82) is 0 Å². The number of nitrogens with one attached hydrogen (secondary N) is 1. The van der Waals surface area contributed by atoms with Gasteiger partial charge in [0, 0.05) is 30.6 Å². The quantitative estimate of drug-likeness (QED) is 0.509. The topological polar surface area (TPSA) is 124 Å². The molecule has 1 heterocycles. The number of anilines is 1. The van der Waals surface area contributed by atoms with Gasteiger partial charge in [0.25, 0.3) is 15.7 Å². The fourth-order valence-electron chi connectivity index (χ4n) is 2.28. The second-order valence-electron chi connectivity index (χ2n) is 5.49. The Kier molecular flexibility index (Phi) is 4.99. The lowest BCUT2D eigenvalue weighted by molar-refractivity contribution is -0.385. The Hall–Kier alpha value is -3.53. The molecule has 138 valence electrons. The molecule has 0 aliphatic heterocycles. The first kappa shape index (κ1) is 18.3. The van der Waals surface area contributed by atoms with Gasteiger partial charge in [0.1, 0.15) is 5.75 Å². The zero-order valence-electron chi connectivity index (χ0n) is 14.1. The van der Waals surface area contributed by atoms with E-state index < -0.39 is 14.9 Å². The van der Waals surface area contributed by atoms with Gasteiger partial charge in [-0.25, -0.2) is 13.4 Å². The molecule has 0 aliphatic rings. The van der Waals surface area contributed by atoms with Gasteiger partial charge < -0.3 is 4.74 Å². The second kappa shape index (κ2) is 7.38. The lowest BCUT2D eigenvalue weighted by Gasteiger charge is -2.11. The molecule has 0 radical (unpaired) electrons. The molecule has 1 aromatic heterocycles. The molecule has 9 nitrogen and oxygen atoms in total. The Morgan fingerprint density at radius 3 is 2.67 bits per heavy atom. The van der Waals surface area contributed by atoms with Crippen LogP contribution in [-0.2, 0) is 10.0 Å². The van der Waals surface area contributed by atoms with Crippen molar-refractivity contribution in [3.8, 4) is 11.6 Å². The van der Waals surface area contributed by atoms with Gasteiger partial charge >= 0.3 is 0 Å². The molecule has 1 N–H and O–H groups in total. The Morgan fingerprint density at radius 1 is 1.15 bits per heavy atom. The molecule has 3 aromatic rings. The number of nitro groups is 1. The minimum atomic E-state index is -4.03. The molecule has 0 unspecified atom stereocenters. The van der Waals surface area contributed by atoms with Crippen LogP contribution in [0, 0.1) is 17.0 Å². The number of non-ortho nitro benzene ring substituents is 1. The van der Waals surface area contributed by atoms with E-state index in [1.165, 1.54) is 42.9 Å². The van der Waals surface area contributed by atoms with Crippen molar-refractivity contribution in [3.05, 3.63) is 76.7 Å². The van der Waals surface area contributed by atoms with Gasteiger partial charge in [-0.1, -0.05) is 12.1 Å². The SMILES string of the molecule is Cc1ccc([N+](=O)[O-])cc1S(=O)(=O)Nc1cccc(Oc2cnccn2)c1. The highest BCUT2D eigenvalue weighted by Gasteiger charge is 2.21. The van der Waals surface area contributed by atoms with Crippen LogP contribution in [0.2, 0.25) is 0 Å². The van der Waals surface area contributed by atoms with E-state index in [1.807, 2.05) is 0 Å². The fraction of sp³-hybridized carbons (Fsp3) is 0.0588. The zero-order chi connectivity index (χ0) is 19.4. The maximum Gasteiger partial charge on any atom is 0.270 e. The number of nitro benzene ring substituents is 1. The van der Waals surface area contributed by atoms with Gasteiger partial charge in [0.05, 0.1) is 21.7 Å².